The van der Waals surface area contributed by atoms with Gasteiger partial charge in [-0.2, -0.15) is 0 Å². The van der Waals surface area contributed by atoms with E-state index in [2.05, 4.69) is 22.2 Å². The zero-order chi connectivity index (χ0) is 15.0. The minimum Gasteiger partial charge on any atom is -0.389 e. The minimum atomic E-state index is -0.530. The molecular formula is C14H26N4O2. The van der Waals surface area contributed by atoms with Crippen LogP contribution in [0.5, 0.6) is 0 Å². The molecule has 1 atom stereocenters. The molecule has 1 unspecified atom stereocenters. The van der Waals surface area contributed by atoms with Crippen LogP contribution in [0.25, 0.3) is 0 Å². The van der Waals surface area contributed by atoms with Crippen LogP contribution in [0, 0.1) is 0 Å². The van der Waals surface area contributed by atoms with Crippen molar-refractivity contribution < 1.29 is 9.84 Å². The lowest BCUT2D eigenvalue weighted by Gasteiger charge is -2.22. The molecule has 0 spiro atoms. The number of methoxy groups -OCH3 is 1. The van der Waals surface area contributed by atoms with E-state index < -0.39 is 6.10 Å². The highest BCUT2D eigenvalue weighted by molar-refractivity contribution is 5.49. The number of anilines is 2. The zero-order valence-electron chi connectivity index (χ0n) is 12.9. The SMILES string of the molecule is CCCc1nc(NCC)cc(N(C)CC(O)COC)n1. The number of aliphatic hydroxyl groups excluding tert-OH is 1. The Morgan fingerprint density at radius 2 is 2.15 bits per heavy atom. The Labute approximate surface area is 121 Å². The summed E-state index contributed by atoms with van der Waals surface area (Å²) in [6, 6.07) is 1.90. The van der Waals surface area contributed by atoms with Crippen molar-refractivity contribution in [3.8, 4) is 0 Å². The van der Waals surface area contributed by atoms with Gasteiger partial charge in [0.2, 0.25) is 0 Å². The van der Waals surface area contributed by atoms with Gasteiger partial charge in [0, 0.05) is 39.7 Å². The summed E-state index contributed by atoms with van der Waals surface area (Å²) in [7, 11) is 3.49. The normalized spacial score (nSPS) is 12.2. The molecule has 0 fully saturated rings. The summed E-state index contributed by atoms with van der Waals surface area (Å²) in [6.07, 6.45) is 1.32. The molecule has 0 aliphatic heterocycles. The van der Waals surface area contributed by atoms with Crippen molar-refractivity contribution >= 4 is 11.6 Å². The highest BCUT2D eigenvalue weighted by Gasteiger charge is 2.12. The third kappa shape index (κ3) is 5.30. The smallest absolute Gasteiger partial charge is 0.134 e. The molecule has 0 bridgehead atoms. The van der Waals surface area contributed by atoms with E-state index >= 15 is 0 Å². The Kier molecular flexibility index (Phi) is 7.25. The minimum absolute atomic E-state index is 0.317. The first kappa shape index (κ1) is 16.7. The van der Waals surface area contributed by atoms with Crippen LogP contribution in [-0.2, 0) is 11.2 Å². The molecule has 1 heterocycles. The molecule has 20 heavy (non-hydrogen) atoms. The lowest BCUT2D eigenvalue weighted by atomic mass is 10.3. The number of ether oxygens (including phenoxy) is 1. The molecule has 0 aromatic carbocycles. The summed E-state index contributed by atoms with van der Waals surface area (Å²) < 4.78 is 4.94. The average Bonchev–Trinajstić information content (AvgIpc) is 2.39. The maximum atomic E-state index is 9.80. The van der Waals surface area contributed by atoms with Crippen LogP contribution in [0.2, 0.25) is 0 Å². The summed E-state index contributed by atoms with van der Waals surface area (Å²) in [6.45, 7) is 5.75. The monoisotopic (exact) mass is 282 g/mol. The number of aliphatic hydroxyl groups is 1. The maximum Gasteiger partial charge on any atom is 0.134 e. The van der Waals surface area contributed by atoms with Crippen LogP contribution in [0.1, 0.15) is 26.1 Å². The summed E-state index contributed by atoms with van der Waals surface area (Å²) in [5, 5.41) is 13.0. The molecule has 0 aliphatic rings. The topological polar surface area (TPSA) is 70.5 Å². The van der Waals surface area contributed by atoms with Crippen LogP contribution in [0.15, 0.2) is 6.07 Å². The van der Waals surface area contributed by atoms with E-state index in [4.69, 9.17) is 4.74 Å². The fraction of sp³-hybridized carbons (Fsp3) is 0.714. The molecule has 6 nitrogen and oxygen atoms in total. The van der Waals surface area contributed by atoms with Crippen LogP contribution >= 0.6 is 0 Å². The first-order valence-electron chi connectivity index (χ1n) is 7.10. The Hall–Kier alpha value is -1.40. The number of likely N-dealkylation sites (N-methyl/N-ethyl adjacent to an activating group) is 1. The molecule has 0 aliphatic carbocycles. The van der Waals surface area contributed by atoms with Gasteiger partial charge in [0.15, 0.2) is 0 Å². The lowest BCUT2D eigenvalue weighted by molar-refractivity contribution is 0.0694. The second kappa shape index (κ2) is 8.71. The van der Waals surface area contributed by atoms with Gasteiger partial charge in [-0.3, -0.25) is 0 Å². The van der Waals surface area contributed by atoms with E-state index in [1.54, 1.807) is 7.11 Å². The predicted octanol–water partition coefficient (Wildman–Crippen LogP) is 1.30. The Morgan fingerprint density at radius 3 is 2.75 bits per heavy atom. The highest BCUT2D eigenvalue weighted by Crippen LogP contribution is 2.16. The van der Waals surface area contributed by atoms with Crippen molar-refractivity contribution in [3.05, 3.63) is 11.9 Å². The lowest BCUT2D eigenvalue weighted by Crippen LogP contribution is -2.32. The zero-order valence-corrected chi connectivity index (χ0v) is 12.9. The van der Waals surface area contributed by atoms with E-state index in [1.165, 1.54) is 0 Å². The Bertz CT molecular complexity index is 377. The number of hydrogen-bond donors (Lipinski definition) is 2. The quantitative estimate of drug-likeness (QED) is 0.711. The number of nitrogens with one attached hydrogen (secondary N) is 1. The second-order valence-corrected chi connectivity index (χ2v) is 4.80. The van der Waals surface area contributed by atoms with Gasteiger partial charge in [-0.15, -0.1) is 0 Å². The molecule has 2 N–H and O–H groups in total. The third-order valence-electron chi connectivity index (χ3n) is 2.83. The predicted molar refractivity (Wildman–Crippen MR) is 81.3 cm³/mol. The number of aromatic nitrogens is 2. The summed E-state index contributed by atoms with van der Waals surface area (Å²) in [5.41, 5.74) is 0. The van der Waals surface area contributed by atoms with Gasteiger partial charge in [-0.1, -0.05) is 6.92 Å². The molecule has 1 aromatic rings. The number of nitrogens with zero attached hydrogens (tertiary/aromatic N) is 3. The van der Waals surface area contributed by atoms with Gasteiger partial charge in [0.1, 0.15) is 17.5 Å². The van der Waals surface area contributed by atoms with Crippen molar-refractivity contribution in [2.75, 3.05) is 44.1 Å². The number of aryl methyl sites for hydroxylation is 1. The Balaban J connectivity index is 2.85. The molecule has 0 saturated carbocycles. The molecule has 1 aromatic heterocycles. The summed E-state index contributed by atoms with van der Waals surface area (Å²) >= 11 is 0. The molecule has 6 heteroatoms. The van der Waals surface area contributed by atoms with Gasteiger partial charge in [-0.25, -0.2) is 9.97 Å². The van der Waals surface area contributed by atoms with Crippen LogP contribution in [0.4, 0.5) is 11.6 Å². The fourth-order valence-corrected chi connectivity index (χ4v) is 1.94. The number of hydrogen-bond acceptors (Lipinski definition) is 6. The first-order chi connectivity index (χ1) is 9.60. The van der Waals surface area contributed by atoms with Gasteiger partial charge in [-0.05, 0) is 13.3 Å². The Morgan fingerprint density at radius 1 is 1.40 bits per heavy atom. The van der Waals surface area contributed by atoms with E-state index in [0.717, 1.165) is 36.8 Å². The van der Waals surface area contributed by atoms with Gasteiger partial charge in [0.25, 0.3) is 0 Å². The van der Waals surface area contributed by atoms with Gasteiger partial charge >= 0.3 is 0 Å². The fourth-order valence-electron chi connectivity index (χ4n) is 1.94. The second-order valence-electron chi connectivity index (χ2n) is 4.80. The number of rotatable bonds is 9. The van der Waals surface area contributed by atoms with Crippen LogP contribution in [0.3, 0.4) is 0 Å². The third-order valence-corrected chi connectivity index (χ3v) is 2.83. The van der Waals surface area contributed by atoms with Gasteiger partial charge < -0.3 is 20.1 Å². The highest BCUT2D eigenvalue weighted by atomic mass is 16.5. The van der Waals surface area contributed by atoms with Crippen LogP contribution in [-0.4, -0.2) is 55.0 Å². The average molecular weight is 282 g/mol. The van der Waals surface area contributed by atoms with Crippen molar-refractivity contribution in [2.45, 2.75) is 32.8 Å². The summed E-state index contributed by atoms with van der Waals surface area (Å²) in [5.74, 6) is 2.47. The molecule has 0 saturated heterocycles. The van der Waals surface area contributed by atoms with E-state index in [1.807, 2.05) is 24.9 Å². The molecule has 1 rings (SSSR count). The van der Waals surface area contributed by atoms with Crippen molar-refractivity contribution in [3.63, 3.8) is 0 Å². The molecular weight excluding hydrogens is 256 g/mol. The molecule has 0 radical (unpaired) electrons. The van der Waals surface area contributed by atoms with Crippen molar-refractivity contribution in [2.24, 2.45) is 0 Å². The van der Waals surface area contributed by atoms with Crippen molar-refractivity contribution in [1.29, 1.82) is 0 Å². The largest absolute Gasteiger partial charge is 0.389 e. The molecule has 114 valence electrons. The summed E-state index contributed by atoms with van der Waals surface area (Å²) in [4.78, 5) is 10.9. The standard InChI is InChI=1S/C14H26N4O2/c1-5-7-12-16-13(15-6-2)8-14(17-12)18(3)9-11(19)10-20-4/h8,11,19H,5-7,9-10H2,1-4H3,(H,15,16,17). The maximum absolute atomic E-state index is 9.80. The van der Waals surface area contributed by atoms with E-state index in [0.29, 0.717) is 13.2 Å². The van der Waals surface area contributed by atoms with Gasteiger partial charge in [0.05, 0.1) is 12.7 Å². The van der Waals surface area contributed by atoms with E-state index in [9.17, 15) is 5.11 Å². The first-order valence-corrected chi connectivity index (χ1v) is 7.10. The van der Waals surface area contributed by atoms with Crippen LogP contribution < -0.4 is 10.2 Å². The van der Waals surface area contributed by atoms with E-state index in [-0.39, 0.29) is 0 Å². The molecule has 0 amide bonds. The van der Waals surface area contributed by atoms with Crippen molar-refractivity contribution in [1.82, 2.24) is 9.97 Å².